The monoisotopic (exact) mass is 763 g/mol. The molecular formula is C52H74O4. The van der Waals surface area contributed by atoms with Crippen LogP contribution in [0.2, 0.25) is 0 Å². The van der Waals surface area contributed by atoms with Crippen molar-refractivity contribution in [2.75, 3.05) is 0 Å². The molecule has 306 valence electrons. The fourth-order valence-electron chi connectivity index (χ4n) is 8.77. The van der Waals surface area contributed by atoms with E-state index in [0.29, 0.717) is 23.0 Å². The van der Waals surface area contributed by atoms with Crippen molar-refractivity contribution in [1.29, 1.82) is 0 Å². The Morgan fingerprint density at radius 1 is 0.393 bits per heavy atom. The molecule has 0 saturated heterocycles. The molecular weight excluding hydrogens is 689 g/mol. The molecule has 4 nitrogen and oxygen atoms in total. The highest BCUT2D eigenvalue weighted by Crippen LogP contribution is 2.45. The molecule has 1 unspecified atom stereocenters. The maximum atomic E-state index is 11.1. The second-order valence-electron chi connectivity index (χ2n) is 21.0. The van der Waals surface area contributed by atoms with Gasteiger partial charge in [0.1, 0.15) is 23.0 Å². The third kappa shape index (κ3) is 10.3. The normalized spacial score (nSPS) is 13.4. The van der Waals surface area contributed by atoms with Gasteiger partial charge in [0.25, 0.3) is 0 Å². The maximum absolute atomic E-state index is 11.1. The molecule has 4 rings (SSSR count). The average molecular weight is 763 g/mol. The van der Waals surface area contributed by atoms with E-state index in [1.807, 2.05) is 24.3 Å². The zero-order valence-electron chi connectivity index (χ0n) is 37.8. The third-order valence-corrected chi connectivity index (χ3v) is 12.1. The molecule has 0 spiro atoms. The first-order valence-corrected chi connectivity index (χ1v) is 21.0. The fraction of sp³-hybridized carbons (Fsp3) is 0.538. The SMILES string of the molecule is Cc1cc(O)c(C(C)(C)C)cc1CCCC(CCCC(c1cc(C(C)(C)C)c(O)cc1C)c1cc(C(C)(C)C)c(O)cc1C)c1cc(C(C)(C)C)c(O)cc1C. The van der Waals surface area contributed by atoms with Gasteiger partial charge in [-0.3, -0.25) is 0 Å². The Kier molecular flexibility index (Phi) is 13.2. The molecule has 4 aromatic rings. The second kappa shape index (κ2) is 16.5. The number of phenols is 4. The highest BCUT2D eigenvalue weighted by atomic mass is 16.3. The van der Waals surface area contributed by atoms with Gasteiger partial charge in [-0.25, -0.2) is 0 Å². The van der Waals surface area contributed by atoms with E-state index in [1.165, 1.54) is 22.3 Å². The van der Waals surface area contributed by atoms with Crippen molar-refractivity contribution in [3.05, 3.63) is 115 Å². The Labute approximate surface area is 340 Å². The predicted molar refractivity (Wildman–Crippen MR) is 238 cm³/mol. The first-order valence-electron chi connectivity index (χ1n) is 21.0. The summed E-state index contributed by atoms with van der Waals surface area (Å²) in [5, 5.41) is 44.2. The van der Waals surface area contributed by atoms with Crippen LogP contribution in [0.1, 0.15) is 194 Å². The molecule has 0 aromatic heterocycles. The summed E-state index contributed by atoms with van der Waals surface area (Å²) in [6.07, 6.45) is 5.82. The van der Waals surface area contributed by atoms with Crippen LogP contribution in [-0.2, 0) is 28.1 Å². The number of benzene rings is 4. The number of phenolic OH excluding ortho intramolecular Hbond substituents is 4. The van der Waals surface area contributed by atoms with E-state index < -0.39 is 0 Å². The highest BCUT2D eigenvalue weighted by molar-refractivity contribution is 5.53. The summed E-state index contributed by atoms with van der Waals surface area (Å²) in [7, 11) is 0. The van der Waals surface area contributed by atoms with Gasteiger partial charge < -0.3 is 20.4 Å². The van der Waals surface area contributed by atoms with Gasteiger partial charge in [0.05, 0.1) is 0 Å². The molecule has 4 heteroatoms. The Balaban J connectivity index is 1.78. The van der Waals surface area contributed by atoms with Crippen LogP contribution in [0.15, 0.2) is 48.5 Å². The van der Waals surface area contributed by atoms with Gasteiger partial charge in [0.2, 0.25) is 0 Å². The number of rotatable bonds is 11. The number of hydrogen-bond acceptors (Lipinski definition) is 4. The van der Waals surface area contributed by atoms with Crippen molar-refractivity contribution in [2.24, 2.45) is 0 Å². The quantitative estimate of drug-likeness (QED) is 0.123. The molecule has 0 radical (unpaired) electrons. The lowest BCUT2D eigenvalue weighted by molar-refractivity contribution is 0.442. The van der Waals surface area contributed by atoms with Crippen LogP contribution in [-0.4, -0.2) is 20.4 Å². The first-order chi connectivity index (χ1) is 25.6. The molecule has 0 aliphatic heterocycles. The van der Waals surface area contributed by atoms with E-state index in [-0.39, 0.29) is 33.5 Å². The van der Waals surface area contributed by atoms with E-state index in [2.05, 4.69) is 135 Å². The lowest BCUT2D eigenvalue weighted by Crippen LogP contribution is -2.16. The topological polar surface area (TPSA) is 80.9 Å². The standard InChI is InChI=1S/C52H74O4/c1-31-23-45(53)41(49(5,6)7)27-36(31)21-17-19-35(38-28-42(50(8,9)10)46(54)24-32(38)2)20-18-22-37(39-29-43(51(11,12)13)47(55)25-33(39)3)40-30-44(52(14,15)16)48(56)26-34(40)4/h23-30,35,37,53-56H,17-22H2,1-16H3. The fourth-order valence-corrected chi connectivity index (χ4v) is 8.77. The second-order valence-corrected chi connectivity index (χ2v) is 21.0. The molecule has 0 amide bonds. The van der Waals surface area contributed by atoms with Crippen molar-refractivity contribution < 1.29 is 20.4 Å². The van der Waals surface area contributed by atoms with Gasteiger partial charge >= 0.3 is 0 Å². The summed E-state index contributed by atoms with van der Waals surface area (Å²) < 4.78 is 0. The Morgan fingerprint density at radius 3 is 1.11 bits per heavy atom. The van der Waals surface area contributed by atoms with Gasteiger partial charge in [-0.1, -0.05) is 114 Å². The minimum atomic E-state index is -0.229. The van der Waals surface area contributed by atoms with E-state index in [0.717, 1.165) is 83.0 Å². The molecule has 0 aliphatic carbocycles. The van der Waals surface area contributed by atoms with Crippen molar-refractivity contribution in [3.63, 3.8) is 0 Å². The van der Waals surface area contributed by atoms with Gasteiger partial charge in [0, 0.05) is 5.92 Å². The minimum Gasteiger partial charge on any atom is -0.508 e. The van der Waals surface area contributed by atoms with Crippen LogP contribution in [0.5, 0.6) is 23.0 Å². The zero-order valence-corrected chi connectivity index (χ0v) is 37.8. The average Bonchev–Trinajstić information content (AvgIpc) is 3.02. The molecule has 56 heavy (non-hydrogen) atoms. The van der Waals surface area contributed by atoms with Gasteiger partial charge in [-0.2, -0.15) is 0 Å². The van der Waals surface area contributed by atoms with Gasteiger partial charge in [-0.05, 0) is 178 Å². The summed E-state index contributed by atoms with van der Waals surface area (Å²) in [4.78, 5) is 0. The lowest BCUT2D eigenvalue weighted by atomic mass is 9.75. The Bertz CT molecular complexity index is 1950. The van der Waals surface area contributed by atoms with Crippen LogP contribution in [0.25, 0.3) is 0 Å². The lowest BCUT2D eigenvalue weighted by Gasteiger charge is -2.30. The Hall–Kier alpha value is -3.92. The van der Waals surface area contributed by atoms with E-state index >= 15 is 0 Å². The highest BCUT2D eigenvalue weighted by Gasteiger charge is 2.29. The third-order valence-electron chi connectivity index (χ3n) is 12.1. The predicted octanol–water partition coefficient (Wildman–Crippen LogP) is 14.0. The summed E-state index contributed by atoms with van der Waals surface area (Å²) in [6.45, 7) is 34.3. The summed E-state index contributed by atoms with van der Waals surface area (Å²) >= 11 is 0. The molecule has 4 aromatic carbocycles. The zero-order chi connectivity index (χ0) is 42.3. The Morgan fingerprint density at radius 2 is 0.714 bits per heavy atom. The van der Waals surface area contributed by atoms with Gasteiger partial charge in [0.15, 0.2) is 0 Å². The molecule has 0 fully saturated rings. The molecule has 0 bridgehead atoms. The summed E-state index contributed by atoms with van der Waals surface area (Å²) in [5.41, 5.74) is 12.5. The summed E-state index contributed by atoms with van der Waals surface area (Å²) in [6, 6.07) is 16.7. The minimum absolute atomic E-state index is 0.0700. The summed E-state index contributed by atoms with van der Waals surface area (Å²) in [5.74, 6) is 1.77. The van der Waals surface area contributed by atoms with Crippen LogP contribution >= 0.6 is 0 Å². The molecule has 0 heterocycles. The van der Waals surface area contributed by atoms with Crippen molar-refractivity contribution in [2.45, 2.75) is 183 Å². The molecule has 0 saturated carbocycles. The van der Waals surface area contributed by atoms with Crippen LogP contribution in [0, 0.1) is 27.7 Å². The van der Waals surface area contributed by atoms with Gasteiger partial charge in [-0.15, -0.1) is 0 Å². The maximum Gasteiger partial charge on any atom is 0.119 e. The van der Waals surface area contributed by atoms with Crippen LogP contribution in [0.3, 0.4) is 0 Å². The van der Waals surface area contributed by atoms with E-state index in [9.17, 15) is 20.4 Å². The number of aryl methyl sites for hydroxylation is 5. The van der Waals surface area contributed by atoms with E-state index in [4.69, 9.17) is 0 Å². The first kappa shape index (κ1) is 44.8. The largest absolute Gasteiger partial charge is 0.508 e. The van der Waals surface area contributed by atoms with Crippen LogP contribution in [0.4, 0.5) is 0 Å². The molecule has 1 atom stereocenters. The smallest absolute Gasteiger partial charge is 0.119 e. The molecule has 4 N–H and O–H groups in total. The number of hydrogen-bond donors (Lipinski definition) is 4. The van der Waals surface area contributed by atoms with Crippen LogP contribution < -0.4 is 0 Å². The van der Waals surface area contributed by atoms with Crippen molar-refractivity contribution in [3.8, 4) is 23.0 Å². The molecule has 0 aliphatic rings. The number of aromatic hydroxyl groups is 4. The van der Waals surface area contributed by atoms with Crippen molar-refractivity contribution >= 4 is 0 Å². The van der Waals surface area contributed by atoms with E-state index in [1.54, 1.807) is 0 Å². The van der Waals surface area contributed by atoms with Crippen molar-refractivity contribution in [1.82, 2.24) is 0 Å².